The molecule has 1 aromatic rings. The maximum Gasteiger partial charge on any atom is 0.253 e. The zero-order chi connectivity index (χ0) is 15.1. The van der Waals surface area contributed by atoms with E-state index in [9.17, 15) is 4.79 Å². The number of amides is 1. The highest BCUT2D eigenvalue weighted by molar-refractivity contribution is 5.95. The topological polar surface area (TPSA) is 67.6 Å². The molecule has 0 radical (unpaired) electrons. The Morgan fingerprint density at radius 2 is 2.15 bits per heavy atom. The van der Waals surface area contributed by atoms with Crippen molar-refractivity contribution >= 4 is 17.3 Å². The first kappa shape index (κ1) is 16.0. The van der Waals surface area contributed by atoms with E-state index >= 15 is 0 Å². The van der Waals surface area contributed by atoms with E-state index in [2.05, 4.69) is 11.9 Å². The summed E-state index contributed by atoms with van der Waals surface area (Å²) in [5.41, 5.74) is 8.87. The van der Waals surface area contributed by atoms with Crippen LogP contribution in [0.2, 0.25) is 0 Å². The van der Waals surface area contributed by atoms with E-state index in [0.717, 1.165) is 11.3 Å². The Hall–Kier alpha value is -2.01. The van der Waals surface area contributed by atoms with Gasteiger partial charge >= 0.3 is 0 Å². The van der Waals surface area contributed by atoms with Crippen LogP contribution in [-0.2, 0) is 4.74 Å². The van der Waals surface area contributed by atoms with Crippen molar-refractivity contribution in [3.8, 4) is 0 Å². The normalized spacial score (nSPS) is 10.2. The van der Waals surface area contributed by atoms with Crippen molar-refractivity contribution in [1.82, 2.24) is 4.90 Å². The maximum atomic E-state index is 11.8. The molecule has 1 amide bonds. The minimum Gasteiger partial charge on any atom is -0.397 e. The van der Waals surface area contributed by atoms with Crippen molar-refractivity contribution in [2.45, 2.75) is 6.92 Å². The van der Waals surface area contributed by atoms with E-state index in [-0.39, 0.29) is 5.91 Å². The van der Waals surface area contributed by atoms with Gasteiger partial charge in [-0.3, -0.25) is 4.79 Å². The molecule has 0 unspecified atom stereocenters. The Morgan fingerprint density at radius 3 is 2.70 bits per heavy atom. The summed E-state index contributed by atoms with van der Waals surface area (Å²) in [6, 6.07) is 5.25. The molecule has 1 rings (SSSR count). The molecule has 5 heteroatoms. The fourth-order valence-electron chi connectivity index (χ4n) is 1.62. The summed E-state index contributed by atoms with van der Waals surface area (Å²) in [4.78, 5) is 13.3. The Kier molecular flexibility index (Phi) is 6.06. The van der Waals surface area contributed by atoms with E-state index in [1.165, 1.54) is 4.90 Å². The fourth-order valence-corrected chi connectivity index (χ4v) is 1.62. The van der Waals surface area contributed by atoms with Crippen LogP contribution >= 0.6 is 0 Å². The zero-order valence-electron chi connectivity index (χ0n) is 12.4. The molecule has 0 aliphatic heterocycles. The summed E-state index contributed by atoms with van der Waals surface area (Å²) < 4.78 is 5.39. The molecule has 5 nitrogen and oxygen atoms in total. The van der Waals surface area contributed by atoms with Crippen molar-refractivity contribution in [3.05, 3.63) is 35.9 Å². The van der Waals surface area contributed by atoms with Crippen molar-refractivity contribution in [1.29, 1.82) is 0 Å². The van der Waals surface area contributed by atoms with Gasteiger partial charge in [0.2, 0.25) is 0 Å². The zero-order valence-corrected chi connectivity index (χ0v) is 12.4. The number of hydrogen-bond acceptors (Lipinski definition) is 4. The highest BCUT2D eigenvalue weighted by Crippen LogP contribution is 2.20. The number of benzene rings is 1. The lowest BCUT2D eigenvalue weighted by Crippen LogP contribution is -2.21. The van der Waals surface area contributed by atoms with Crippen LogP contribution in [0.4, 0.5) is 11.4 Å². The Balaban J connectivity index is 2.52. The minimum absolute atomic E-state index is 0.0620. The highest BCUT2D eigenvalue weighted by Gasteiger charge is 2.09. The number of anilines is 2. The quantitative estimate of drug-likeness (QED) is 0.454. The van der Waals surface area contributed by atoms with Gasteiger partial charge in [-0.1, -0.05) is 12.2 Å². The second kappa shape index (κ2) is 7.55. The van der Waals surface area contributed by atoms with Crippen LogP contribution in [-0.4, -0.2) is 44.7 Å². The van der Waals surface area contributed by atoms with Gasteiger partial charge in [0, 0.05) is 26.2 Å². The summed E-state index contributed by atoms with van der Waals surface area (Å²) in [6.45, 7) is 7.47. The number of hydrogen-bond donors (Lipinski definition) is 2. The molecule has 0 spiro atoms. The van der Waals surface area contributed by atoms with Crippen molar-refractivity contribution < 1.29 is 9.53 Å². The molecule has 0 saturated carbocycles. The van der Waals surface area contributed by atoms with Gasteiger partial charge in [-0.05, 0) is 25.1 Å². The van der Waals surface area contributed by atoms with E-state index in [1.807, 2.05) is 13.0 Å². The molecule has 0 bridgehead atoms. The number of carbonyl (C=O) groups is 1. The van der Waals surface area contributed by atoms with Crippen LogP contribution in [0.3, 0.4) is 0 Å². The Labute approximate surface area is 120 Å². The smallest absolute Gasteiger partial charge is 0.253 e. The van der Waals surface area contributed by atoms with Gasteiger partial charge < -0.3 is 20.7 Å². The van der Waals surface area contributed by atoms with Crippen LogP contribution in [0.5, 0.6) is 0 Å². The first-order chi connectivity index (χ1) is 9.41. The maximum absolute atomic E-state index is 11.8. The molecule has 0 atom stereocenters. The molecular formula is C15H23N3O2. The molecular weight excluding hydrogens is 254 g/mol. The third-order valence-electron chi connectivity index (χ3n) is 2.62. The van der Waals surface area contributed by atoms with Crippen molar-refractivity contribution in [2.75, 3.05) is 44.9 Å². The van der Waals surface area contributed by atoms with Gasteiger partial charge in [-0.2, -0.15) is 0 Å². The van der Waals surface area contributed by atoms with Crippen molar-refractivity contribution in [3.63, 3.8) is 0 Å². The van der Waals surface area contributed by atoms with Crippen LogP contribution in [0.1, 0.15) is 17.3 Å². The molecule has 0 fully saturated rings. The molecule has 3 N–H and O–H groups in total. The van der Waals surface area contributed by atoms with Gasteiger partial charge in [-0.25, -0.2) is 0 Å². The molecule has 110 valence electrons. The SMILES string of the molecule is C=C(C)COCCNc1ccc(C(=O)N(C)C)cc1N. The molecule has 0 aromatic heterocycles. The van der Waals surface area contributed by atoms with Crippen LogP contribution in [0.25, 0.3) is 0 Å². The van der Waals surface area contributed by atoms with Crippen LogP contribution in [0.15, 0.2) is 30.4 Å². The number of rotatable bonds is 7. The molecule has 0 heterocycles. The number of nitrogens with two attached hydrogens (primary N) is 1. The van der Waals surface area contributed by atoms with Crippen LogP contribution < -0.4 is 11.1 Å². The summed E-state index contributed by atoms with van der Waals surface area (Å²) >= 11 is 0. The van der Waals surface area contributed by atoms with Gasteiger partial charge in [0.15, 0.2) is 0 Å². The number of nitrogen functional groups attached to an aromatic ring is 1. The minimum atomic E-state index is -0.0620. The number of nitrogens with zero attached hydrogens (tertiary/aromatic N) is 1. The average molecular weight is 277 g/mol. The van der Waals surface area contributed by atoms with E-state index in [0.29, 0.717) is 31.0 Å². The molecule has 0 aliphatic carbocycles. The predicted molar refractivity (Wildman–Crippen MR) is 83.0 cm³/mol. The monoisotopic (exact) mass is 277 g/mol. The first-order valence-corrected chi connectivity index (χ1v) is 6.49. The van der Waals surface area contributed by atoms with Gasteiger partial charge in [-0.15, -0.1) is 0 Å². The van der Waals surface area contributed by atoms with E-state index in [4.69, 9.17) is 10.5 Å². The number of nitrogens with one attached hydrogen (secondary N) is 1. The molecule has 20 heavy (non-hydrogen) atoms. The van der Waals surface area contributed by atoms with Gasteiger partial charge in [0.25, 0.3) is 5.91 Å². The third kappa shape index (κ3) is 4.93. The standard InChI is InChI=1S/C15H23N3O2/c1-11(2)10-20-8-7-17-14-6-5-12(9-13(14)16)15(19)18(3)4/h5-6,9,17H,1,7-8,10,16H2,2-4H3. The average Bonchev–Trinajstić information content (AvgIpc) is 2.38. The van der Waals surface area contributed by atoms with Crippen molar-refractivity contribution in [2.24, 2.45) is 0 Å². The molecule has 1 aromatic carbocycles. The lowest BCUT2D eigenvalue weighted by Gasteiger charge is -2.13. The lowest BCUT2D eigenvalue weighted by molar-refractivity contribution is 0.0827. The van der Waals surface area contributed by atoms with Crippen LogP contribution in [0, 0.1) is 0 Å². The fraction of sp³-hybridized carbons (Fsp3) is 0.400. The van der Waals surface area contributed by atoms with E-state index in [1.54, 1.807) is 26.2 Å². The summed E-state index contributed by atoms with van der Waals surface area (Å²) in [5, 5.41) is 3.18. The van der Waals surface area contributed by atoms with E-state index < -0.39 is 0 Å². The number of ether oxygens (including phenoxy) is 1. The third-order valence-corrected chi connectivity index (χ3v) is 2.62. The summed E-state index contributed by atoms with van der Waals surface area (Å²) in [6.07, 6.45) is 0. The molecule has 0 saturated heterocycles. The second-order valence-electron chi connectivity index (χ2n) is 4.94. The Bertz CT molecular complexity index is 484. The summed E-state index contributed by atoms with van der Waals surface area (Å²) in [7, 11) is 3.42. The highest BCUT2D eigenvalue weighted by atomic mass is 16.5. The first-order valence-electron chi connectivity index (χ1n) is 6.49. The Morgan fingerprint density at radius 1 is 1.45 bits per heavy atom. The van der Waals surface area contributed by atoms with Gasteiger partial charge in [0.05, 0.1) is 24.6 Å². The number of carbonyl (C=O) groups excluding carboxylic acids is 1. The lowest BCUT2D eigenvalue weighted by atomic mass is 10.1. The molecule has 0 aliphatic rings. The largest absolute Gasteiger partial charge is 0.397 e. The predicted octanol–water partition coefficient (Wildman–Crippen LogP) is 1.98. The second-order valence-corrected chi connectivity index (χ2v) is 4.94. The van der Waals surface area contributed by atoms with Gasteiger partial charge in [0.1, 0.15) is 0 Å². The summed E-state index contributed by atoms with van der Waals surface area (Å²) in [5.74, 6) is -0.0620.